The minimum atomic E-state index is -0.312. The molecule has 0 bridgehead atoms. The Kier molecular flexibility index (Phi) is 5.00. The van der Waals surface area contributed by atoms with Gasteiger partial charge in [-0.1, -0.05) is 30.3 Å². The number of amides is 3. The molecular formula is C17H23N3O3. The maximum atomic E-state index is 12.1. The van der Waals surface area contributed by atoms with Crippen molar-refractivity contribution in [3.63, 3.8) is 0 Å². The third kappa shape index (κ3) is 4.15. The normalized spacial score (nSPS) is 18.3. The highest BCUT2D eigenvalue weighted by molar-refractivity contribution is 5.75. The van der Waals surface area contributed by atoms with Gasteiger partial charge in [0.1, 0.15) is 6.61 Å². The summed E-state index contributed by atoms with van der Waals surface area (Å²) < 4.78 is 5.32. The fourth-order valence-electron chi connectivity index (χ4n) is 2.72. The summed E-state index contributed by atoms with van der Waals surface area (Å²) in [5, 5.41) is 3.03. The number of urea groups is 1. The zero-order valence-electron chi connectivity index (χ0n) is 13.2. The van der Waals surface area contributed by atoms with Gasteiger partial charge in [0.2, 0.25) is 0 Å². The van der Waals surface area contributed by atoms with Crippen LogP contribution in [-0.4, -0.2) is 54.1 Å². The SMILES string of the molecule is O=C(NC1CCC1)N1CCN(C(=O)OCc2ccccc2)CC1. The van der Waals surface area contributed by atoms with E-state index in [4.69, 9.17) is 4.74 Å². The Hall–Kier alpha value is -2.24. The Morgan fingerprint density at radius 1 is 1.04 bits per heavy atom. The summed E-state index contributed by atoms with van der Waals surface area (Å²) in [5.41, 5.74) is 0.972. The molecule has 1 aromatic rings. The number of hydrogen-bond donors (Lipinski definition) is 1. The minimum Gasteiger partial charge on any atom is -0.445 e. The first-order valence-electron chi connectivity index (χ1n) is 8.23. The van der Waals surface area contributed by atoms with Gasteiger partial charge in [-0.15, -0.1) is 0 Å². The lowest BCUT2D eigenvalue weighted by atomic mass is 9.93. The van der Waals surface area contributed by atoms with Crippen LogP contribution in [0.5, 0.6) is 0 Å². The molecule has 6 nitrogen and oxygen atoms in total. The zero-order chi connectivity index (χ0) is 16.1. The third-order valence-corrected chi connectivity index (χ3v) is 4.46. The molecule has 1 heterocycles. The topological polar surface area (TPSA) is 61.9 Å². The molecule has 1 aliphatic carbocycles. The third-order valence-electron chi connectivity index (χ3n) is 4.46. The van der Waals surface area contributed by atoms with Crippen molar-refractivity contribution in [3.05, 3.63) is 35.9 Å². The van der Waals surface area contributed by atoms with Gasteiger partial charge in [0, 0.05) is 32.2 Å². The summed E-state index contributed by atoms with van der Waals surface area (Å²) in [5.74, 6) is 0. The van der Waals surface area contributed by atoms with Gasteiger partial charge in [0.25, 0.3) is 0 Å². The monoisotopic (exact) mass is 317 g/mol. The lowest BCUT2D eigenvalue weighted by molar-refractivity contribution is 0.0761. The van der Waals surface area contributed by atoms with Crippen molar-refractivity contribution < 1.29 is 14.3 Å². The molecule has 2 aliphatic rings. The number of hydrogen-bond acceptors (Lipinski definition) is 3. The van der Waals surface area contributed by atoms with Gasteiger partial charge in [-0.3, -0.25) is 0 Å². The molecule has 1 saturated carbocycles. The first-order chi connectivity index (χ1) is 11.2. The Morgan fingerprint density at radius 2 is 1.70 bits per heavy atom. The van der Waals surface area contributed by atoms with Crippen LogP contribution in [0.3, 0.4) is 0 Å². The summed E-state index contributed by atoms with van der Waals surface area (Å²) in [6, 6.07) is 9.96. The Labute approximate surface area is 136 Å². The van der Waals surface area contributed by atoms with E-state index in [0.29, 0.717) is 32.2 Å². The number of rotatable bonds is 3. The van der Waals surface area contributed by atoms with Crippen LogP contribution in [-0.2, 0) is 11.3 Å². The molecule has 0 atom stereocenters. The first-order valence-corrected chi connectivity index (χ1v) is 8.23. The molecule has 0 radical (unpaired) electrons. The molecule has 124 valence electrons. The molecule has 3 rings (SSSR count). The number of ether oxygens (including phenoxy) is 1. The number of carbonyl (C=O) groups excluding carboxylic acids is 2. The molecular weight excluding hydrogens is 294 g/mol. The van der Waals surface area contributed by atoms with E-state index >= 15 is 0 Å². The maximum absolute atomic E-state index is 12.1. The molecule has 1 aromatic carbocycles. The van der Waals surface area contributed by atoms with E-state index in [1.807, 2.05) is 30.3 Å². The second kappa shape index (κ2) is 7.35. The van der Waals surface area contributed by atoms with Crippen molar-refractivity contribution in [1.29, 1.82) is 0 Å². The largest absolute Gasteiger partial charge is 0.445 e. The van der Waals surface area contributed by atoms with E-state index in [0.717, 1.165) is 18.4 Å². The van der Waals surface area contributed by atoms with E-state index < -0.39 is 0 Å². The van der Waals surface area contributed by atoms with Crippen LogP contribution in [0.4, 0.5) is 9.59 Å². The van der Waals surface area contributed by atoms with Crippen molar-refractivity contribution in [2.75, 3.05) is 26.2 Å². The van der Waals surface area contributed by atoms with E-state index in [2.05, 4.69) is 5.32 Å². The predicted molar refractivity (Wildman–Crippen MR) is 85.9 cm³/mol. The highest BCUT2D eigenvalue weighted by Crippen LogP contribution is 2.18. The van der Waals surface area contributed by atoms with Crippen molar-refractivity contribution >= 4 is 12.1 Å². The standard InChI is InChI=1S/C17H23N3O3/c21-16(18-15-7-4-8-15)19-9-11-20(12-10-19)17(22)23-13-14-5-2-1-3-6-14/h1-3,5-6,15H,4,7-13H2,(H,18,21). The van der Waals surface area contributed by atoms with Crippen LogP contribution in [0.25, 0.3) is 0 Å². The average molecular weight is 317 g/mol. The van der Waals surface area contributed by atoms with Crippen LogP contribution >= 0.6 is 0 Å². The van der Waals surface area contributed by atoms with E-state index in [-0.39, 0.29) is 18.7 Å². The molecule has 1 aliphatic heterocycles. The Morgan fingerprint density at radius 3 is 2.30 bits per heavy atom. The minimum absolute atomic E-state index is 0.00740. The van der Waals surface area contributed by atoms with Crippen LogP contribution in [0.15, 0.2) is 30.3 Å². The van der Waals surface area contributed by atoms with Crippen molar-refractivity contribution in [2.24, 2.45) is 0 Å². The molecule has 0 aromatic heterocycles. The molecule has 1 N–H and O–H groups in total. The number of piperazine rings is 1. The summed E-state index contributed by atoms with van der Waals surface area (Å²) in [4.78, 5) is 27.6. The van der Waals surface area contributed by atoms with Crippen molar-refractivity contribution in [1.82, 2.24) is 15.1 Å². The Balaban J connectivity index is 1.39. The summed E-state index contributed by atoms with van der Waals surface area (Å²) >= 11 is 0. The second-order valence-corrected chi connectivity index (χ2v) is 6.09. The predicted octanol–water partition coefficient (Wildman–Crippen LogP) is 2.20. The fourth-order valence-corrected chi connectivity index (χ4v) is 2.72. The van der Waals surface area contributed by atoms with Crippen LogP contribution in [0, 0.1) is 0 Å². The van der Waals surface area contributed by atoms with Crippen molar-refractivity contribution in [2.45, 2.75) is 31.9 Å². The van der Waals surface area contributed by atoms with Crippen LogP contribution in [0.2, 0.25) is 0 Å². The molecule has 6 heteroatoms. The number of nitrogens with one attached hydrogen (secondary N) is 1. The first kappa shape index (κ1) is 15.6. The van der Waals surface area contributed by atoms with Gasteiger partial charge >= 0.3 is 12.1 Å². The molecule has 1 saturated heterocycles. The summed E-state index contributed by atoms with van der Waals surface area (Å²) in [6.07, 6.45) is 3.05. The quantitative estimate of drug-likeness (QED) is 0.929. The second-order valence-electron chi connectivity index (χ2n) is 6.09. The summed E-state index contributed by atoms with van der Waals surface area (Å²) in [7, 11) is 0. The highest BCUT2D eigenvalue weighted by atomic mass is 16.6. The summed E-state index contributed by atoms with van der Waals surface area (Å²) in [6.45, 7) is 2.43. The zero-order valence-corrected chi connectivity index (χ0v) is 13.2. The lowest BCUT2D eigenvalue weighted by Crippen LogP contribution is -2.55. The smallest absolute Gasteiger partial charge is 0.410 e. The van der Waals surface area contributed by atoms with Crippen LogP contribution in [0.1, 0.15) is 24.8 Å². The average Bonchev–Trinajstić information content (AvgIpc) is 2.57. The van der Waals surface area contributed by atoms with Gasteiger partial charge in [-0.2, -0.15) is 0 Å². The number of carbonyl (C=O) groups is 2. The highest BCUT2D eigenvalue weighted by Gasteiger charge is 2.27. The Bertz CT molecular complexity index is 537. The van der Waals surface area contributed by atoms with Gasteiger partial charge in [0.05, 0.1) is 0 Å². The number of benzene rings is 1. The van der Waals surface area contributed by atoms with Gasteiger partial charge in [-0.25, -0.2) is 9.59 Å². The van der Waals surface area contributed by atoms with E-state index in [1.54, 1.807) is 9.80 Å². The molecule has 0 spiro atoms. The fraction of sp³-hybridized carbons (Fsp3) is 0.529. The van der Waals surface area contributed by atoms with Gasteiger partial charge < -0.3 is 19.9 Å². The van der Waals surface area contributed by atoms with Gasteiger partial charge in [0.15, 0.2) is 0 Å². The molecule has 2 fully saturated rings. The number of nitrogens with zero attached hydrogens (tertiary/aromatic N) is 2. The van der Waals surface area contributed by atoms with Crippen molar-refractivity contribution in [3.8, 4) is 0 Å². The van der Waals surface area contributed by atoms with Gasteiger partial charge in [-0.05, 0) is 24.8 Å². The van der Waals surface area contributed by atoms with E-state index in [1.165, 1.54) is 6.42 Å². The molecule has 23 heavy (non-hydrogen) atoms. The van der Waals surface area contributed by atoms with Crippen LogP contribution < -0.4 is 5.32 Å². The van der Waals surface area contributed by atoms with E-state index in [9.17, 15) is 9.59 Å². The molecule has 3 amide bonds. The lowest BCUT2D eigenvalue weighted by Gasteiger charge is -2.36. The molecule has 0 unspecified atom stereocenters. The maximum Gasteiger partial charge on any atom is 0.410 e.